The number of nitrogens with one attached hydrogen (secondary N) is 1. The van der Waals surface area contributed by atoms with Crippen molar-refractivity contribution in [3.63, 3.8) is 0 Å². The molecule has 0 bridgehead atoms. The van der Waals surface area contributed by atoms with E-state index in [0.29, 0.717) is 10.6 Å². The minimum absolute atomic E-state index is 0.479. The van der Waals surface area contributed by atoms with E-state index in [1.165, 1.54) is 0 Å². The molecule has 1 aromatic carbocycles. The Morgan fingerprint density at radius 2 is 2.00 bits per heavy atom. The summed E-state index contributed by atoms with van der Waals surface area (Å²) < 4.78 is 40.4. The Labute approximate surface area is 116 Å². The standard InChI is InChI=1S/C11H14ClNO5S/c1-7-17-10(8-5-3-4-6-9(8)12)11(18-7)13-19(14,15)16-2/h3-7,10-11,13H,1-2H3/t7?,10-,11-/m1/s1. The van der Waals surface area contributed by atoms with Crippen LogP contribution in [0.3, 0.4) is 0 Å². The van der Waals surface area contributed by atoms with E-state index in [2.05, 4.69) is 8.91 Å². The molecule has 1 aromatic rings. The molecule has 1 fully saturated rings. The van der Waals surface area contributed by atoms with Crippen LogP contribution in [0, 0.1) is 0 Å². The van der Waals surface area contributed by atoms with Crippen LogP contribution in [-0.4, -0.2) is 28.0 Å². The fraction of sp³-hybridized carbons (Fsp3) is 0.455. The molecule has 3 atom stereocenters. The van der Waals surface area contributed by atoms with Gasteiger partial charge in [-0.2, -0.15) is 13.1 Å². The molecule has 1 aliphatic rings. The topological polar surface area (TPSA) is 73.9 Å². The van der Waals surface area contributed by atoms with Gasteiger partial charge in [-0.3, -0.25) is 4.18 Å². The van der Waals surface area contributed by atoms with E-state index in [4.69, 9.17) is 21.1 Å². The molecule has 0 spiro atoms. The van der Waals surface area contributed by atoms with Gasteiger partial charge < -0.3 is 9.47 Å². The zero-order valence-corrected chi connectivity index (χ0v) is 11.9. The number of ether oxygens (including phenoxy) is 2. The van der Waals surface area contributed by atoms with E-state index < -0.39 is 28.9 Å². The number of rotatable bonds is 4. The summed E-state index contributed by atoms with van der Waals surface area (Å²) in [5.74, 6) is 0. The molecule has 0 aliphatic carbocycles. The SMILES string of the molecule is COS(=O)(=O)N[C@@H]1OC(C)O[C@@H]1c1ccccc1Cl. The van der Waals surface area contributed by atoms with Gasteiger partial charge in [-0.1, -0.05) is 29.8 Å². The molecule has 1 unspecified atom stereocenters. The van der Waals surface area contributed by atoms with Crippen LogP contribution in [0.15, 0.2) is 24.3 Å². The first-order valence-electron chi connectivity index (χ1n) is 5.56. The fourth-order valence-corrected chi connectivity index (χ4v) is 2.61. The normalized spacial score (nSPS) is 27.6. The third-order valence-electron chi connectivity index (χ3n) is 2.64. The summed E-state index contributed by atoms with van der Waals surface area (Å²) in [5, 5.41) is 0.479. The summed E-state index contributed by atoms with van der Waals surface area (Å²) in [6.45, 7) is 1.67. The zero-order valence-electron chi connectivity index (χ0n) is 10.4. The second kappa shape index (κ2) is 5.74. The Bertz CT molecular complexity index is 550. The van der Waals surface area contributed by atoms with Gasteiger partial charge in [0.15, 0.2) is 12.5 Å². The van der Waals surface area contributed by atoms with Crippen LogP contribution in [-0.2, 0) is 24.0 Å². The average Bonchev–Trinajstić information content (AvgIpc) is 2.70. The molecule has 2 rings (SSSR count). The Kier molecular flexibility index (Phi) is 4.44. The minimum Gasteiger partial charge on any atom is -0.341 e. The lowest BCUT2D eigenvalue weighted by molar-refractivity contribution is -0.0523. The largest absolute Gasteiger partial charge is 0.341 e. The van der Waals surface area contributed by atoms with Crippen molar-refractivity contribution in [1.29, 1.82) is 0 Å². The maximum absolute atomic E-state index is 11.4. The lowest BCUT2D eigenvalue weighted by atomic mass is 10.1. The van der Waals surface area contributed by atoms with E-state index in [0.717, 1.165) is 7.11 Å². The Balaban J connectivity index is 2.26. The van der Waals surface area contributed by atoms with Crippen molar-refractivity contribution in [3.05, 3.63) is 34.9 Å². The van der Waals surface area contributed by atoms with Crippen LogP contribution < -0.4 is 4.72 Å². The van der Waals surface area contributed by atoms with Crippen molar-refractivity contribution in [2.24, 2.45) is 0 Å². The van der Waals surface area contributed by atoms with Crippen molar-refractivity contribution in [2.75, 3.05) is 7.11 Å². The molecule has 0 amide bonds. The summed E-state index contributed by atoms with van der Waals surface area (Å²) >= 11 is 6.08. The molecule has 0 aromatic heterocycles. The van der Waals surface area contributed by atoms with E-state index in [1.54, 1.807) is 31.2 Å². The molecule has 1 heterocycles. The molecule has 8 heteroatoms. The van der Waals surface area contributed by atoms with Crippen LogP contribution in [0.4, 0.5) is 0 Å². The summed E-state index contributed by atoms with van der Waals surface area (Å²) in [4.78, 5) is 0. The van der Waals surface area contributed by atoms with Crippen molar-refractivity contribution in [2.45, 2.75) is 25.5 Å². The molecule has 1 N–H and O–H groups in total. The molecule has 106 valence electrons. The number of benzene rings is 1. The smallest absolute Gasteiger partial charge is 0.337 e. The Morgan fingerprint density at radius 1 is 1.32 bits per heavy atom. The first-order valence-corrected chi connectivity index (χ1v) is 7.35. The quantitative estimate of drug-likeness (QED) is 0.914. The Hall–Kier alpha value is -0.700. The number of halogens is 1. The van der Waals surface area contributed by atoms with E-state index in [-0.39, 0.29) is 0 Å². The van der Waals surface area contributed by atoms with Gasteiger partial charge in [0.2, 0.25) is 0 Å². The maximum Gasteiger partial charge on any atom is 0.337 e. The third kappa shape index (κ3) is 3.44. The highest BCUT2D eigenvalue weighted by Gasteiger charge is 2.38. The highest BCUT2D eigenvalue weighted by Crippen LogP contribution is 2.35. The monoisotopic (exact) mass is 307 g/mol. The third-order valence-corrected chi connectivity index (χ3v) is 3.95. The molecular formula is C11H14ClNO5S. The van der Waals surface area contributed by atoms with Crippen LogP contribution in [0.1, 0.15) is 18.6 Å². The second-order valence-corrected chi connectivity index (χ2v) is 5.83. The number of hydrogen-bond donors (Lipinski definition) is 1. The van der Waals surface area contributed by atoms with Crippen LogP contribution in [0.2, 0.25) is 5.02 Å². The average molecular weight is 308 g/mol. The second-order valence-electron chi connectivity index (χ2n) is 3.94. The van der Waals surface area contributed by atoms with Gasteiger partial charge in [-0.05, 0) is 13.0 Å². The molecule has 1 aliphatic heterocycles. The zero-order chi connectivity index (χ0) is 14.0. The summed E-state index contributed by atoms with van der Waals surface area (Å²) in [6.07, 6.45) is -2.07. The highest BCUT2D eigenvalue weighted by atomic mass is 35.5. The molecule has 0 saturated carbocycles. The van der Waals surface area contributed by atoms with E-state index in [9.17, 15) is 8.42 Å². The van der Waals surface area contributed by atoms with Crippen LogP contribution >= 0.6 is 11.6 Å². The van der Waals surface area contributed by atoms with Gasteiger partial charge in [0.25, 0.3) is 0 Å². The van der Waals surface area contributed by atoms with Crippen molar-refractivity contribution in [3.8, 4) is 0 Å². The molecule has 1 saturated heterocycles. The molecule has 6 nitrogen and oxygen atoms in total. The van der Waals surface area contributed by atoms with Gasteiger partial charge in [0, 0.05) is 10.6 Å². The number of hydrogen-bond acceptors (Lipinski definition) is 5. The highest BCUT2D eigenvalue weighted by molar-refractivity contribution is 7.84. The first-order chi connectivity index (χ1) is 8.93. The lowest BCUT2D eigenvalue weighted by Crippen LogP contribution is -2.38. The van der Waals surface area contributed by atoms with Crippen molar-refractivity contribution < 1.29 is 22.1 Å². The fourth-order valence-electron chi connectivity index (χ4n) is 1.81. The molecule has 19 heavy (non-hydrogen) atoms. The van der Waals surface area contributed by atoms with Crippen molar-refractivity contribution in [1.82, 2.24) is 4.72 Å². The van der Waals surface area contributed by atoms with Crippen molar-refractivity contribution >= 4 is 21.9 Å². The summed E-state index contributed by atoms with van der Waals surface area (Å²) in [6, 6.07) is 7.02. The van der Waals surface area contributed by atoms with Gasteiger partial charge in [0.1, 0.15) is 6.10 Å². The predicted molar refractivity (Wildman–Crippen MR) is 68.7 cm³/mol. The van der Waals surface area contributed by atoms with Crippen LogP contribution in [0.25, 0.3) is 0 Å². The lowest BCUT2D eigenvalue weighted by Gasteiger charge is -2.18. The minimum atomic E-state index is -3.88. The van der Waals surface area contributed by atoms with Gasteiger partial charge in [-0.25, -0.2) is 0 Å². The van der Waals surface area contributed by atoms with E-state index in [1.807, 2.05) is 0 Å². The van der Waals surface area contributed by atoms with Crippen LogP contribution in [0.5, 0.6) is 0 Å². The van der Waals surface area contributed by atoms with E-state index >= 15 is 0 Å². The van der Waals surface area contributed by atoms with Gasteiger partial charge >= 0.3 is 10.3 Å². The van der Waals surface area contributed by atoms with Gasteiger partial charge in [0.05, 0.1) is 7.11 Å². The summed E-state index contributed by atoms with van der Waals surface area (Å²) in [5.41, 5.74) is 0.650. The first kappa shape index (κ1) is 14.7. The summed E-state index contributed by atoms with van der Waals surface area (Å²) in [7, 11) is -2.82. The maximum atomic E-state index is 11.4. The molecule has 0 radical (unpaired) electrons. The van der Waals surface area contributed by atoms with Gasteiger partial charge in [-0.15, -0.1) is 0 Å². The predicted octanol–water partition coefficient (Wildman–Crippen LogP) is 1.58. The Morgan fingerprint density at radius 3 is 2.63 bits per heavy atom. The molecular weight excluding hydrogens is 294 g/mol.